The predicted molar refractivity (Wildman–Crippen MR) is 195 cm³/mol. The Kier molecular flexibility index (Phi) is 33.8. The summed E-state index contributed by atoms with van der Waals surface area (Å²) in [4.78, 5) is 23.8. The lowest BCUT2D eigenvalue weighted by Gasteiger charge is -2.12. The molecule has 5 nitrogen and oxygen atoms in total. The Balaban J connectivity index is 3.66. The molecule has 0 aliphatic heterocycles. The van der Waals surface area contributed by atoms with Gasteiger partial charge in [-0.25, -0.2) is 0 Å². The molecule has 5 heteroatoms. The average Bonchev–Trinajstić information content (AvgIpc) is 3.06. The fraction of sp³-hybridized carbons (Fsp3) is 0.561. The van der Waals surface area contributed by atoms with Crippen molar-refractivity contribution < 1.29 is 24.2 Å². The fourth-order valence-electron chi connectivity index (χ4n) is 4.13. The lowest BCUT2D eigenvalue weighted by atomic mass is 10.2. The molecule has 0 saturated carbocycles. The molecule has 0 aliphatic rings. The summed E-state index contributed by atoms with van der Waals surface area (Å²) in [6.07, 6.45) is 50.3. The number of aliphatic hydroxyl groups is 1. The summed E-state index contributed by atoms with van der Waals surface area (Å²) >= 11 is 0. The first kappa shape index (κ1) is 42.8. The van der Waals surface area contributed by atoms with E-state index in [0.717, 1.165) is 70.6 Å². The standard InChI is InChI=1S/C41H64O5/c1-3-5-7-9-11-13-15-17-19-20-22-24-26-28-30-32-34-36-41(44)46-38-39(42)37-45-40(43)35-33-31-29-27-25-23-21-18-16-14-12-10-8-6-4-2/h6,8,11-14,17-19,21-22,24-25,27-28,30,39,42H,3-5,7,9-10,15-16,20,23,26,29,31-38H2,1-2H3/b8-6-,13-11-,14-12-,19-17-,21-18-,24-22-,27-25-,30-28-/t39-/m0/s1. The molecule has 1 N–H and O–H groups in total. The van der Waals surface area contributed by atoms with Crippen LogP contribution in [0.4, 0.5) is 0 Å². The first-order valence-electron chi connectivity index (χ1n) is 17.8. The van der Waals surface area contributed by atoms with E-state index in [1.54, 1.807) is 0 Å². The monoisotopic (exact) mass is 636 g/mol. The molecule has 1 atom stereocenters. The van der Waals surface area contributed by atoms with Gasteiger partial charge in [-0.2, -0.15) is 0 Å². The Morgan fingerprint density at radius 2 is 0.826 bits per heavy atom. The second-order valence-corrected chi connectivity index (χ2v) is 11.2. The van der Waals surface area contributed by atoms with Crippen LogP contribution >= 0.6 is 0 Å². The minimum Gasteiger partial charge on any atom is -0.463 e. The third kappa shape index (κ3) is 35.3. The Morgan fingerprint density at radius 3 is 1.24 bits per heavy atom. The van der Waals surface area contributed by atoms with Crippen LogP contribution in [0.1, 0.15) is 129 Å². The molecule has 0 amide bonds. The van der Waals surface area contributed by atoms with Crippen molar-refractivity contribution >= 4 is 11.9 Å². The van der Waals surface area contributed by atoms with E-state index in [-0.39, 0.29) is 25.2 Å². The van der Waals surface area contributed by atoms with Gasteiger partial charge in [0.2, 0.25) is 0 Å². The highest BCUT2D eigenvalue weighted by Gasteiger charge is 2.11. The van der Waals surface area contributed by atoms with Gasteiger partial charge in [0.1, 0.15) is 19.3 Å². The van der Waals surface area contributed by atoms with E-state index in [1.165, 1.54) is 25.7 Å². The maximum atomic E-state index is 11.9. The Bertz CT molecular complexity index is 948. The smallest absolute Gasteiger partial charge is 0.305 e. The minimum atomic E-state index is -1.01. The third-order valence-electron chi connectivity index (χ3n) is 6.80. The van der Waals surface area contributed by atoms with Crippen molar-refractivity contribution in [3.05, 3.63) is 97.2 Å². The van der Waals surface area contributed by atoms with Crippen LogP contribution in [0.5, 0.6) is 0 Å². The molecule has 0 spiro atoms. The molecule has 0 saturated heterocycles. The van der Waals surface area contributed by atoms with Gasteiger partial charge in [0.15, 0.2) is 0 Å². The van der Waals surface area contributed by atoms with Crippen molar-refractivity contribution in [2.75, 3.05) is 13.2 Å². The third-order valence-corrected chi connectivity index (χ3v) is 6.80. The van der Waals surface area contributed by atoms with Gasteiger partial charge in [0.25, 0.3) is 0 Å². The number of carbonyl (C=O) groups excluding carboxylic acids is 2. The van der Waals surface area contributed by atoms with Crippen molar-refractivity contribution in [1.29, 1.82) is 0 Å². The molecule has 258 valence electrons. The summed E-state index contributed by atoms with van der Waals surface area (Å²) in [6.45, 7) is 4.04. The molecule has 0 unspecified atom stereocenters. The maximum absolute atomic E-state index is 11.9. The first-order chi connectivity index (χ1) is 22.6. The number of aliphatic hydroxyl groups excluding tert-OH is 1. The second-order valence-electron chi connectivity index (χ2n) is 11.2. The normalized spacial score (nSPS) is 13.4. The van der Waals surface area contributed by atoms with Crippen LogP contribution in [-0.4, -0.2) is 36.4 Å². The lowest BCUT2D eigenvalue weighted by Crippen LogP contribution is -2.25. The number of hydrogen-bond donors (Lipinski definition) is 1. The molecule has 46 heavy (non-hydrogen) atoms. The zero-order chi connectivity index (χ0) is 33.6. The van der Waals surface area contributed by atoms with Crippen LogP contribution in [0.2, 0.25) is 0 Å². The van der Waals surface area contributed by atoms with Crippen LogP contribution in [0, 0.1) is 0 Å². The molecule has 0 bridgehead atoms. The Labute approximate surface area is 281 Å². The summed E-state index contributed by atoms with van der Waals surface area (Å²) in [5.41, 5.74) is 0. The number of hydrogen-bond acceptors (Lipinski definition) is 5. The van der Waals surface area contributed by atoms with Gasteiger partial charge in [-0.05, 0) is 89.9 Å². The molecular formula is C41H64O5. The second kappa shape index (κ2) is 36.3. The highest BCUT2D eigenvalue weighted by atomic mass is 16.6. The molecule has 0 fully saturated rings. The van der Waals surface area contributed by atoms with Crippen molar-refractivity contribution in [2.45, 2.75) is 136 Å². The topological polar surface area (TPSA) is 72.8 Å². The van der Waals surface area contributed by atoms with Crippen LogP contribution in [-0.2, 0) is 19.1 Å². The van der Waals surface area contributed by atoms with Gasteiger partial charge >= 0.3 is 11.9 Å². The molecule has 0 aromatic rings. The van der Waals surface area contributed by atoms with Gasteiger partial charge < -0.3 is 14.6 Å². The first-order valence-corrected chi connectivity index (χ1v) is 17.8. The highest BCUT2D eigenvalue weighted by Crippen LogP contribution is 2.05. The van der Waals surface area contributed by atoms with Crippen LogP contribution < -0.4 is 0 Å². The summed E-state index contributed by atoms with van der Waals surface area (Å²) in [5.74, 6) is -0.688. The van der Waals surface area contributed by atoms with E-state index in [4.69, 9.17) is 9.47 Å². The Morgan fingerprint density at radius 1 is 0.478 bits per heavy atom. The Hall–Kier alpha value is -3.18. The minimum absolute atomic E-state index is 0.162. The average molecular weight is 637 g/mol. The van der Waals surface area contributed by atoms with Crippen LogP contribution in [0.25, 0.3) is 0 Å². The maximum Gasteiger partial charge on any atom is 0.305 e. The predicted octanol–water partition coefficient (Wildman–Crippen LogP) is 10.9. The summed E-state index contributed by atoms with van der Waals surface area (Å²) in [5, 5.41) is 9.97. The van der Waals surface area contributed by atoms with E-state index in [9.17, 15) is 14.7 Å². The summed E-state index contributed by atoms with van der Waals surface area (Å²) in [7, 11) is 0. The van der Waals surface area contributed by atoms with E-state index >= 15 is 0 Å². The van der Waals surface area contributed by atoms with Crippen molar-refractivity contribution in [3.63, 3.8) is 0 Å². The zero-order valence-electron chi connectivity index (χ0n) is 29.0. The molecular weight excluding hydrogens is 572 g/mol. The molecule has 0 aromatic carbocycles. The van der Waals surface area contributed by atoms with Gasteiger partial charge in [0, 0.05) is 12.8 Å². The molecule has 0 aromatic heterocycles. The van der Waals surface area contributed by atoms with Crippen LogP contribution in [0.3, 0.4) is 0 Å². The van der Waals surface area contributed by atoms with Crippen LogP contribution in [0.15, 0.2) is 97.2 Å². The number of esters is 2. The van der Waals surface area contributed by atoms with E-state index in [1.807, 2.05) is 0 Å². The molecule has 0 heterocycles. The van der Waals surface area contributed by atoms with Crippen molar-refractivity contribution in [3.8, 4) is 0 Å². The molecule has 0 aliphatic carbocycles. The van der Waals surface area contributed by atoms with E-state index < -0.39 is 6.10 Å². The molecule has 0 rings (SSSR count). The van der Waals surface area contributed by atoms with Gasteiger partial charge in [-0.15, -0.1) is 0 Å². The van der Waals surface area contributed by atoms with Crippen molar-refractivity contribution in [1.82, 2.24) is 0 Å². The summed E-state index contributed by atoms with van der Waals surface area (Å²) < 4.78 is 10.2. The van der Waals surface area contributed by atoms with E-state index in [0.29, 0.717) is 19.3 Å². The largest absolute Gasteiger partial charge is 0.463 e. The number of rotatable bonds is 30. The lowest BCUT2D eigenvalue weighted by molar-refractivity contribution is -0.152. The van der Waals surface area contributed by atoms with Gasteiger partial charge in [0.05, 0.1) is 0 Å². The highest BCUT2D eigenvalue weighted by molar-refractivity contribution is 5.69. The number of unbranched alkanes of at least 4 members (excludes halogenated alkanes) is 6. The van der Waals surface area contributed by atoms with E-state index in [2.05, 4.69) is 111 Å². The molecule has 0 radical (unpaired) electrons. The fourth-order valence-corrected chi connectivity index (χ4v) is 4.13. The zero-order valence-corrected chi connectivity index (χ0v) is 29.0. The van der Waals surface area contributed by atoms with Gasteiger partial charge in [-0.1, -0.05) is 124 Å². The van der Waals surface area contributed by atoms with Gasteiger partial charge in [-0.3, -0.25) is 9.59 Å². The number of ether oxygens (including phenoxy) is 2. The number of allylic oxidation sites excluding steroid dienone is 16. The quantitative estimate of drug-likeness (QED) is 0.0482. The summed E-state index contributed by atoms with van der Waals surface area (Å²) in [6, 6.07) is 0. The van der Waals surface area contributed by atoms with Crippen molar-refractivity contribution in [2.24, 2.45) is 0 Å². The SMILES string of the molecule is CC/C=C\C/C=C\C/C=C\C/C=C\CCCCC(=O)OC[C@H](O)COC(=O)CCC/C=C\C/C=C\C/C=C\C/C=C\CCCCC. The number of carbonyl (C=O) groups is 2.